The minimum Gasteiger partial charge on any atom is -0.519 e. The third-order valence-corrected chi connectivity index (χ3v) is 0.974. The van der Waals surface area contributed by atoms with Gasteiger partial charge in [0.2, 0.25) is 0 Å². The lowest BCUT2D eigenvalue weighted by atomic mass is 10.2. The van der Waals surface area contributed by atoms with Crippen LogP contribution in [0.2, 0.25) is 0 Å². The largest absolute Gasteiger partial charge is 0.713 e. The van der Waals surface area contributed by atoms with Crippen LogP contribution in [0.25, 0.3) is 0 Å². The van der Waals surface area contributed by atoms with Gasteiger partial charge < -0.3 is 14.0 Å². The van der Waals surface area contributed by atoms with Gasteiger partial charge in [0.25, 0.3) is 0 Å². The van der Waals surface area contributed by atoms with Crippen molar-refractivity contribution >= 4 is 7.32 Å². The highest BCUT2D eigenvalue weighted by molar-refractivity contribution is 6.36. The van der Waals surface area contributed by atoms with Gasteiger partial charge in [-0.3, -0.25) is 0 Å². The molecular weight excluding hydrogens is 155 g/mol. The molecule has 12 heavy (non-hydrogen) atoms. The molecule has 70 valence electrons. The maximum Gasteiger partial charge on any atom is 0.713 e. The second-order valence-corrected chi connectivity index (χ2v) is 2.96. The molecule has 0 unspecified atom stereocenters. The van der Waals surface area contributed by atoms with Gasteiger partial charge in [-0.05, 0) is 27.7 Å². The Morgan fingerprint density at radius 2 is 1.50 bits per heavy atom. The quantitative estimate of drug-likeness (QED) is 0.452. The Labute approximate surface area is 74.9 Å². The van der Waals surface area contributed by atoms with Crippen LogP contribution >= 0.6 is 0 Å². The van der Waals surface area contributed by atoms with Crippen LogP contribution < -0.4 is 0 Å². The van der Waals surface area contributed by atoms with E-state index in [1.165, 1.54) is 6.26 Å². The molecule has 0 aromatic heterocycles. The molecule has 0 saturated heterocycles. The first-order valence-corrected chi connectivity index (χ1v) is 4.13. The highest BCUT2D eigenvalue weighted by Crippen LogP contribution is 2.01. The fourth-order valence-electron chi connectivity index (χ4n) is 0.619. The maximum atomic E-state index is 5.29. The summed E-state index contributed by atoms with van der Waals surface area (Å²) < 4.78 is 15.6. The molecule has 0 N–H and O–H groups in total. The molecule has 3 nitrogen and oxygen atoms in total. The van der Waals surface area contributed by atoms with Crippen molar-refractivity contribution in [3.05, 3.63) is 12.8 Å². The zero-order chi connectivity index (χ0) is 9.56. The van der Waals surface area contributed by atoms with Crippen molar-refractivity contribution in [3.63, 3.8) is 0 Å². The van der Waals surface area contributed by atoms with E-state index in [-0.39, 0.29) is 12.2 Å². The van der Waals surface area contributed by atoms with E-state index < -0.39 is 7.32 Å². The molecule has 0 radical (unpaired) electrons. The molecule has 0 aromatic carbocycles. The summed E-state index contributed by atoms with van der Waals surface area (Å²) in [6.07, 6.45) is 1.47. The summed E-state index contributed by atoms with van der Waals surface area (Å²) in [6.45, 7) is 11.1. The summed E-state index contributed by atoms with van der Waals surface area (Å²) in [4.78, 5) is 0. The second-order valence-electron chi connectivity index (χ2n) is 2.96. The Morgan fingerprint density at radius 3 is 1.75 bits per heavy atom. The molecule has 0 saturated carbocycles. The molecule has 0 atom stereocenters. The van der Waals surface area contributed by atoms with Crippen LogP contribution in [-0.4, -0.2) is 19.5 Å². The van der Waals surface area contributed by atoms with Gasteiger partial charge in [0.05, 0.1) is 6.26 Å². The average molecular weight is 172 g/mol. The first kappa shape index (κ1) is 11.5. The monoisotopic (exact) mass is 172 g/mol. The molecule has 0 fully saturated rings. The lowest BCUT2D eigenvalue weighted by Gasteiger charge is -2.16. The SMILES string of the molecule is C=COB(OC(C)C)OC(C)C. The van der Waals surface area contributed by atoms with Crippen LogP contribution in [0, 0.1) is 0 Å². The van der Waals surface area contributed by atoms with Gasteiger partial charge in [-0.2, -0.15) is 0 Å². The minimum absolute atomic E-state index is 0.0775. The van der Waals surface area contributed by atoms with E-state index >= 15 is 0 Å². The predicted octanol–water partition coefficient (Wildman–Crippen LogP) is 1.98. The van der Waals surface area contributed by atoms with E-state index in [0.29, 0.717) is 0 Å². The van der Waals surface area contributed by atoms with Crippen LogP contribution in [0.5, 0.6) is 0 Å². The lowest BCUT2D eigenvalue weighted by Crippen LogP contribution is -2.31. The normalized spacial score (nSPS) is 10.5. The highest BCUT2D eigenvalue weighted by Gasteiger charge is 2.24. The number of rotatable bonds is 6. The molecule has 0 amide bonds. The molecule has 0 aromatic rings. The summed E-state index contributed by atoms with van der Waals surface area (Å²) in [5.41, 5.74) is 0. The fraction of sp³-hybridized carbons (Fsp3) is 0.750. The molecule has 0 spiro atoms. The third kappa shape index (κ3) is 6.25. The first-order chi connectivity index (χ1) is 5.56. The molecule has 4 heteroatoms. The second kappa shape index (κ2) is 6.09. The van der Waals surface area contributed by atoms with Gasteiger partial charge in [0.1, 0.15) is 0 Å². The lowest BCUT2D eigenvalue weighted by molar-refractivity contribution is 0.0739. The van der Waals surface area contributed by atoms with Crippen molar-refractivity contribution in [2.24, 2.45) is 0 Å². The fourth-order valence-corrected chi connectivity index (χ4v) is 0.619. The van der Waals surface area contributed by atoms with E-state index in [4.69, 9.17) is 14.0 Å². The zero-order valence-corrected chi connectivity index (χ0v) is 8.24. The van der Waals surface area contributed by atoms with E-state index in [0.717, 1.165) is 0 Å². The van der Waals surface area contributed by atoms with Gasteiger partial charge in [0, 0.05) is 12.2 Å². The Kier molecular flexibility index (Phi) is 5.85. The van der Waals surface area contributed by atoms with Crippen LogP contribution in [0.3, 0.4) is 0 Å². The van der Waals surface area contributed by atoms with Gasteiger partial charge >= 0.3 is 7.32 Å². The van der Waals surface area contributed by atoms with Crippen molar-refractivity contribution in [2.75, 3.05) is 0 Å². The summed E-state index contributed by atoms with van der Waals surface area (Å²) in [6, 6.07) is 0. The van der Waals surface area contributed by atoms with Gasteiger partial charge in [-0.1, -0.05) is 6.58 Å². The van der Waals surface area contributed by atoms with Crippen molar-refractivity contribution in [3.8, 4) is 0 Å². The molecule has 0 aliphatic heterocycles. The molecule has 0 rings (SSSR count). The summed E-state index contributed by atoms with van der Waals surface area (Å²) in [5.74, 6) is 0. The number of hydrogen-bond acceptors (Lipinski definition) is 3. The summed E-state index contributed by atoms with van der Waals surface area (Å²) >= 11 is 0. The van der Waals surface area contributed by atoms with Crippen LogP contribution in [0.15, 0.2) is 12.8 Å². The Hall–Kier alpha value is -0.475. The molecular formula is C8H17BO3. The minimum atomic E-state index is -0.637. The van der Waals surface area contributed by atoms with Crippen LogP contribution in [-0.2, 0) is 14.0 Å². The summed E-state index contributed by atoms with van der Waals surface area (Å²) in [5, 5.41) is 0. The molecule has 0 bridgehead atoms. The standard InChI is InChI=1S/C8H17BO3/c1-6-10-9(11-7(2)3)12-8(4)5/h6-8H,1H2,2-5H3. The van der Waals surface area contributed by atoms with Gasteiger partial charge in [0.15, 0.2) is 0 Å². The van der Waals surface area contributed by atoms with Crippen LogP contribution in [0.4, 0.5) is 0 Å². The topological polar surface area (TPSA) is 27.7 Å². The first-order valence-electron chi connectivity index (χ1n) is 4.13. The van der Waals surface area contributed by atoms with Crippen molar-refractivity contribution in [2.45, 2.75) is 39.9 Å². The molecule has 0 aliphatic carbocycles. The zero-order valence-electron chi connectivity index (χ0n) is 8.24. The maximum absolute atomic E-state index is 5.29. The van der Waals surface area contributed by atoms with Gasteiger partial charge in [-0.25, -0.2) is 0 Å². The van der Waals surface area contributed by atoms with E-state index in [1.54, 1.807) is 0 Å². The third-order valence-electron chi connectivity index (χ3n) is 0.974. The van der Waals surface area contributed by atoms with E-state index in [2.05, 4.69) is 6.58 Å². The smallest absolute Gasteiger partial charge is 0.519 e. The Bertz CT molecular complexity index is 115. The van der Waals surface area contributed by atoms with E-state index in [9.17, 15) is 0 Å². The molecule has 0 aliphatic rings. The Morgan fingerprint density at radius 1 is 1.08 bits per heavy atom. The van der Waals surface area contributed by atoms with Crippen molar-refractivity contribution in [1.29, 1.82) is 0 Å². The molecule has 0 heterocycles. The van der Waals surface area contributed by atoms with Gasteiger partial charge in [-0.15, -0.1) is 0 Å². The predicted molar refractivity (Wildman–Crippen MR) is 49.5 cm³/mol. The van der Waals surface area contributed by atoms with Crippen molar-refractivity contribution < 1.29 is 14.0 Å². The van der Waals surface area contributed by atoms with Crippen molar-refractivity contribution in [1.82, 2.24) is 0 Å². The Balaban J connectivity index is 3.77. The van der Waals surface area contributed by atoms with Crippen LogP contribution in [0.1, 0.15) is 27.7 Å². The summed E-state index contributed by atoms with van der Waals surface area (Å²) in [7, 11) is -0.637. The number of hydrogen-bond donors (Lipinski definition) is 0. The average Bonchev–Trinajstić information content (AvgIpc) is 1.84. The highest BCUT2D eigenvalue weighted by atomic mass is 16.7. The van der Waals surface area contributed by atoms with E-state index in [1.807, 2.05) is 27.7 Å².